The van der Waals surface area contributed by atoms with Crippen molar-refractivity contribution in [3.05, 3.63) is 16.6 Å². The highest BCUT2D eigenvalue weighted by molar-refractivity contribution is 7.11. The van der Waals surface area contributed by atoms with Gasteiger partial charge in [-0.1, -0.05) is 13.8 Å². The summed E-state index contributed by atoms with van der Waals surface area (Å²) in [6.07, 6.45) is 7.91. The molecule has 0 unspecified atom stereocenters. The van der Waals surface area contributed by atoms with Gasteiger partial charge in [0.15, 0.2) is 0 Å². The van der Waals surface area contributed by atoms with Crippen LogP contribution in [0.3, 0.4) is 0 Å². The molecule has 4 saturated heterocycles. The van der Waals surface area contributed by atoms with Crippen molar-refractivity contribution < 1.29 is 29.0 Å². The highest BCUT2D eigenvalue weighted by Crippen LogP contribution is 2.50. The van der Waals surface area contributed by atoms with Gasteiger partial charge < -0.3 is 29.7 Å². The van der Waals surface area contributed by atoms with Gasteiger partial charge >= 0.3 is 0 Å². The first-order valence-electron chi connectivity index (χ1n) is 16.0. The van der Waals surface area contributed by atoms with Crippen LogP contribution in [0, 0.1) is 28.1 Å². The number of hydrogen-bond acceptors (Lipinski definition) is 8. The highest BCUT2D eigenvalue weighted by Gasteiger charge is 2.61. The lowest BCUT2D eigenvalue weighted by Crippen LogP contribution is -2.67. The van der Waals surface area contributed by atoms with Gasteiger partial charge in [-0.25, -0.2) is 0 Å². The minimum absolute atomic E-state index is 0.000357. The molecule has 10 nitrogen and oxygen atoms in total. The number of rotatable bonds is 10. The molecule has 6 fully saturated rings. The van der Waals surface area contributed by atoms with Gasteiger partial charge in [0.1, 0.15) is 4.88 Å². The Kier molecular flexibility index (Phi) is 7.96. The number of likely N-dealkylation sites (tertiary alicyclic amines) is 2. The monoisotopic (exact) mass is 616 g/mol. The Morgan fingerprint density at radius 3 is 2.37 bits per heavy atom. The SMILES string of the molecule is C[C@@H](OCC12CCC(CC1)OC2)[C@H](NC(=O)[C@@H]1CN(C(=O)c2cncs2)CC12CN(C(=O)C(C)(C)C1CC1)C2)C(C)(C)O. The molecule has 4 aliphatic heterocycles. The van der Waals surface area contributed by atoms with E-state index in [0.717, 1.165) is 38.5 Å². The number of aromatic nitrogens is 1. The third-order valence-electron chi connectivity index (χ3n) is 11.1. The first kappa shape index (κ1) is 30.9. The number of fused-ring (bicyclic) bond motifs is 3. The maximum Gasteiger partial charge on any atom is 0.265 e. The average Bonchev–Trinajstić information content (AvgIpc) is 3.54. The van der Waals surface area contributed by atoms with Crippen LogP contribution >= 0.6 is 11.3 Å². The molecule has 2 N–H and O–H groups in total. The van der Waals surface area contributed by atoms with E-state index in [1.165, 1.54) is 11.3 Å². The van der Waals surface area contributed by atoms with Crippen molar-refractivity contribution in [1.29, 1.82) is 0 Å². The normalized spacial score (nSPS) is 29.8. The summed E-state index contributed by atoms with van der Waals surface area (Å²) in [7, 11) is 0. The third-order valence-corrected chi connectivity index (χ3v) is 11.9. The van der Waals surface area contributed by atoms with E-state index in [4.69, 9.17) is 9.47 Å². The molecule has 3 amide bonds. The number of carbonyl (C=O) groups is 3. The molecule has 2 bridgehead atoms. The van der Waals surface area contributed by atoms with Gasteiger partial charge in [0.2, 0.25) is 11.8 Å². The molecule has 5 heterocycles. The molecule has 0 aromatic carbocycles. The summed E-state index contributed by atoms with van der Waals surface area (Å²) in [5.74, 6) is -0.332. The molecule has 2 aliphatic carbocycles. The van der Waals surface area contributed by atoms with Crippen LogP contribution in [0.1, 0.15) is 82.8 Å². The molecular formula is C32H48N4O6S. The highest BCUT2D eigenvalue weighted by atomic mass is 32.1. The number of nitrogens with one attached hydrogen (secondary N) is 1. The molecule has 2 saturated carbocycles. The van der Waals surface area contributed by atoms with Gasteiger partial charge in [0.25, 0.3) is 5.91 Å². The molecule has 1 spiro atoms. The van der Waals surface area contributed by atoms with E-state index < -0.39 is 34.5 Å². The molecule has 238 valence electrons. The Labute approximate surface area is 258 Å². The number of nitrogens with zero attached hydrogens (tertiary/aromatic N) is 3. The summed E-state index contributed by atoms with van der Waals surface area (Å²) in [6, 6.07) is -0.660. The van der Waals surface area contributed by atoms with Crippen molar-refractivity contribution in [2.45, 2.75) is 97.0 Å². The van der Waals surface area contributed by atoms with E-state index in [1.54, 1.807) is 30.5 Å². The lowest BCUT2D eigenvalue weighted by atomic mass is 9.69. The number of aliphatic hydroxyl groups is 1. The van der Waals surface area contributed by atoms with E-state index >= 15 is 0 Å². The van der Waals surface area contributed by atoms with Gasteiger partial charge in [-0.05, 0) is 65.2 Å². The number of thiazole rings is 1. The zero-order chi connectivity index (χ0) is 30.8. The van der Waals surface area contributed by atoms with Crippen molar-refractivity contribution in [3.8, 4) is 0 Å². The maximum atomic E-state index is 14.1. The van der Waals surface area contributed by atoms with Crippen LogP contribution in [0.2, 0.25) is 0 Å². The minimum Gasteiger partial charge on any atom is -0.388 e. The van der Waals surface area contributed by atoms with Crippen LogP contribution in [-0.4, -0.2) is 101 Å². The lowest BCUT2D eigenvalue weighted by molar-refractivity contribution is -0.162. The Morgan fingerprint density at radius 1 is 1.14 bits per heavy atom. The van der Waals surface area contributed by atoms with Crippen LogP contribution in [0.25, 0.3) is 0 Å². The van der Waals surface area contributed by atoms with Crippen molar-refractivity contribution in [2.75, 3.05) is 39.4 Å². The van der Waals surface area contributed by atoms with E-state index in [2.05, 4.69) is 10.3 Å². The van der Waals surface area contributed by atoms with Gasteiger partial charge in [0, 0.05) is 42.4 Å². The zero-order valence-electron chi connectivity index (χ0n) is 26.3. The average molecular weight is 617 g/mol. The molecule has 11 heteroatoms. The van der Waals surface area contributed by atoms with Gasteiger partial charge in [-0.2, -0.15) is 0 Å². The second-order valence-corrected chi connectivity index (χ2v) is 16.2. The number of carbonyl (C=O) groups excluding carboxylic acids is 3. The van der Waals surface area contributed by atoms with Crippen molar-refractivity contribution in [2.24, 2.45) is 28.1 Å². The maximum absolute atomic E-state index is 14.1. The van der Waals surface area contributed by atoms with Gasteiger partial charge in [-0.15, -0.1) is 11.3 Å². The number of amides is 3. The predicted molar refractivity (Wildman–Crippen MR) is 161 cm³/mol. The molecule has 6 aliphatic rings. The summed E-state index contributed by atoms with van der Waals surface area (Å²) in [6.45, 7) is 12.1. The molecular weight excluding hydrogens is 568 g/mol. The first-order chi connectivity index (χ1) is 20.2. The van der Waals surface area contributed by atoms with Crippen molar-refractivity contribution in [1.82, 2.24) is 20.1 Å². The van der Waals surface area contributed by atoms with Crippen LogP contribution in [0.15, 0.2) is 11.7 Å². The zero-order valence-corrected chi connectivity index (χ0v) is 27.1. The number of ether oxygens (including phenoxy) is 2. The van der Waals surface area contributed by atoms with Crippen LogP contribution in [0.5, 0.6) is 0 Å². The Balaban J connectivity index is 1.17. The quantitative estimate of drug-likeness (QED) is 0.415. The molecule has 1 aromatic rings. The van der Waals surface area contributed by atoms with Gasteiger partial charge in [0.05, 0.1) is 54.7 Å². The van der Waals surface area contributed by atoms with Crippen LogP contribution < -0.4 is 5.32 Å². The molecule has 43 heavy (non-hydrogen) atoms. The largest absolute Gasteiger partial charge is 0.388 e. The van der Waals surface area contributed by atoms with E-state index in [9.17, 15) is 19.5 Å². The Morgan fingerprint density at radius 2 is 1.81 bits per heavy atom. The standard InChI is InChI=1S/C32H48N4O6S/c1-20(41-17-31-10-8-22(9-11-31)42-18-31)25(30(4,5)40)34-26(37)23-13-35(27(38)24-12-33-19-43-24)14-32(23)15-36(16-32)28(39)29(2,3)21-6-7-21/h12,19-23,25,40H,6-11,13-18H2,1-5H3,(H,34,37)/t20-,22?,23+,25+,31?/m1/s1. The fourth-order valence-corrected chi connectivity index (χ4v) is 8.64. The third kappa shape index (κ3) is 5.87. The fourth-order valence-electron chi connectivity index (χ4n) is 8.05. The summed E-state index contributed by atoms with van der Waals surface area (Å²) in [4.78, 5) is 49.2. The summed E-state index contributed by atoms with van der Waals surface area (Å²) in [5.41, 5.74) is -0.567. The van der Waals surface area contributed by atoms with Crippen molar-refractivity contribution in [3.63, 3.8) is 0 Å². The second-order valence-electron chi connectivity index (χ2n) is 15.3. The Hall–Kier alpha value is -2.08. The minimum atomic E-state index is -1.24. The molecule has 3 atom stereocenters. The van der Waals surface area contributed by atoms with Crippen molar-refractivity contribution >= 4 is 29.1 Å². The molecule has 1 aromatic heterocycles. The Bertz CT molecular complexity index is 1200. The molecule has 0 radical (unpaired) electrons. The number of hydrogen-bond donors (Lipinski definition) is 2. The van der Waals surface area contributed by atoms with E-state index in [0.29, 0.717) is 49.7 Å². The fraction of sp³-hybridized carbons (Fsp3) is 0.812. The topological polar surface area (TPSA) is 121 Å². The predicted octanol–water partition coefficient (Wildman–Crippen LogP) is 3.10. The van der Waals surface area contributed by atoms with E-state index in [1.807, 2.05) is 25.7 Å². The van der Waals surface area contributed by atoms with Crippen LogP contribution in [-0.2, 0) is 19.1 Å². The van der Waals surface area contributed by atoms with Gasteiger partial charge in [-0.3, -0.25) is 19.4 Å². The molecule has 7 rings (SSSR count). The van der Waals surface area contributed by atoms with Crippen LogP contribution in [0.4, 0.5) is 0 Å². The second kappa shape index (κ2) is 11.1. The first-order valence-corrected chi connectivity index (χ1v) is 16.8. The summed E-state index contributed by atoms with van der Waals surface area (Å²) >= 11 is 1.29. The van der Waals surface area contributed by atoms with E-state index in [-0.39, 0.29) is 29.7 Å². The lowest BCUT2D eigenvalue weighted by Gasteiger charge is -2.52. The summed E-state index contributed by atoms with van der Waals surface area (Å²) < 4.78 is 12.4. The smallest absolute Gasteiger partial charge is 0.265 e. The summed E-state index contributed by atoms with van der Waals surface area (Å²) in [5, 5.41) is 14.3.